The molecule has 5 nitrogen and oxygen atoms in total. The number of amides is 1. The summed E-state index contributed by atoms with van der Waals surface area (Å²) < 4.78 is 11.6. The van der Waals surface area contributed by atoms with Crippen molar-refractivity contribution in [1.29, 1.82) is 0 Å². The lowest BCUT2D eigenvalue weighted by Crippen LogP contribution is -2.20. The predicted molar refractivity (Wildman–Crippen MR) is 63.9 cm³/mol. The van der Waals surface area contributed by atoms with Crippen LogP contribution in [0.25, 0.3) is 0 Å². The van der Waals surface area contributed by atoms with Crippen LogP contribution in [0.2, 0.25) is 0 Å². The molecule has 3 N–H and O–H groups in total. The van der Waals surface area contributed by atoms with E-state index in [1.165, 1.54) is 0 Å². The second-order valence-corrected chi connectivity index (χ2v) is 4.54. The van der Waals surface area contributed by atoms with Gasteiger partial charge in [0.05, 0.1) is 17.7 Å². The van der Waals surface area contributed by atoms with E-state index in [0.29, 0.717) is 34.7 Å². The van der Waals surface area contributed by atoms with Crippen LogP contribution in [0.5, 0.6) is 11.5 Å². The molecule has 17 heavy (non-hydrogen) atoms. The largest absolute Gasteiger partial charge is 0.490 e. The zero-order valence-corrected chi connectivity index (χ0v) is 10.6. The lowest BCUT2D eigenvalue weighted by molar-refractivity contribution is -0.126. The number of aliphatic hydroxyl groups excluding tert-OH is 1. The highest BCUT2D eigenvalue weighted by atomic mass is 79.9. The van der Waals surface area contributed by atoms with E-state index in [-0.39, 0.29) is 0 Å². The Hall–Kier alpha value is -1.27. The van der Waals surface area contributed by atoms with Crippen LogP contribution in [0.4, 0.5) is 0 Å². The molecule has 0 saturated heterocycles. The molecule has 1 aromatic rings. The lowest BCUT2D eigenvalue weighted by Gasteiger charge is -2.13. The summed E-state index contributed by atoms with van der Waals surface area (Å²) in [7, 11) is 0. The fourth-order valence-corrected chi connectivity index (χ4v) is 2.15. The van der Waals surface area contributed by atoms with Gasteiger partial charge in [-0.15, -0.1) is 0 Å². The van der Waals surface area contributed by atoms with Gasteiger partial charge in [0, 0.05) is 6.42 Å². The summed E-state index contributed by atoms with van der Waals surface area (Å²) in [4.78, 5) is 10.9. The van der Waals surface area contributed by atoms with E-state index in [9.17, 15) is 9.90 Å². The Morgan fingerprint density at radius 3 is 2.82 bits per heavy atom. The molecule has 0 bridgehead atoms. The van der Waals surface area contributed by atoms with Crippen LogP contribution in [-0.4, -0.2) is 24.2 Å². The van der Waals surface area contributed by atoms with Crippen LogP contribution in [0.1, 0.15) is 18.1 Å². The van der Waals surface area contributed by atoms with Crippen molar-refractivity contribution in [2.75, 3.05) is 13.2 Å². The predicted octanol–water partition coefficient (Wildman–Crippen LogP) is 1.13. The van der Waals surface area contributed by atoms with E-state index < -0.39 is 12.0 Å². The van der Waals surface area contributed by atoms with Crippen LogP contribution in [0, 0.1) is 0 Å². The molecule has 0 saturated carbocycles. The molecule has 0 fully saturated rings. The van der Waals surface area contributed by atoms with Gasteiger partial charge in [-0.05, 0) is 33.6 Å². The summed E-state index contributed by atoms with van der Waals surface area (Å²) in [6.07, 6.45) is -0.557. The molecule has 1 aromatic carbocycles. The molecule has 1 aliphatic rings. The number of benzene rings is 1. The summed E-state index contributed by atoms with van der Waals surface area (Å²) >= 11 is 3.32. The number of rotatable bonds is 2. The third kappa shape index (κ3) is 2.53. The minimum atomic E-state index is -1.34. The number of aliphatic hydroxyl groups is 1. The smallest absolute Gasteiger partial charge is 0.250 e. The molecule has 0 aliphatic carbocycles. The van der Waals surface area contributed by atoms with Gasteiger partial charge in [-0.25, -0.2) is 0 Å². The van der Waals surface area contributed by atoms with Gasteiger partial charge >= 0.3 is 0 Å². The van der Waals surface area contributed by atoms with Gasteiger partial charge in [0.15, 0.2) is 17.6 Å². The van der Waals surface area contributed by atoms with Crippen molar-refractivity contribution in [2.45, 2.75) is 12.5 Å². The summed E-state index contributed by atoms with van der Waals surface area (Å²) in [5.41, 5.74) is 5.43. The molecule has 1 amide bonds. The van der Waals surface area contributed by atoms with Crippen LogP contribution >= 0.6 is 15.9 Å². The molecule has 1 aliphatic heterocycles. The van der Waals surface area contributed by atoms with Crippen molar-refractivity contribution >= 4 is 21.8 Å². The van der Waals surface area contributed by atoms with E-state index in [0.717, 1.165) is 6.42 Å². The summed E-state index contributed by atoms with van der Waals surface area (Å²) in [5.74, 6) is 0.293. The SMILES string of the molecule is NC(=O)C(O)c1cc(Br)c2c(c1)OCCCO2. The van der Waals surface area contributed by atoms with Gasteiger partial charge in [0.1, 0.15) is 0 Å². The molecule has 1 unspecified atom stereocenters. The quantitative estimate of drug-likeness (QED) is 0.858. The van der Waals surface area contributed by atoms with Crippen LogP contribution in [0.15, 0.2) is 16.6 Å². The van der Waals surface area contributed by atoms with Crippen molar-refractivity contribution in [1.82, 2.24) is 0 Å². The summed E-state index contributed by atoms with van der Waals surface area (Å²) in [5, 5.41) is 9.60. The average molecular weight is 302 g/mol. The second-order valence-electron chi connectivity index (χ2n) is 3.69. The maximum Gasteiger partial charge on any atom is 0.250 e. The van der Waals surface area contributed by atoms with E-state index in [2.05, 4.69) is 15.9 Å². The van der Waals surface area contributed by atoms with Gasteiger partial charge in [-0.3, -0.25) is 4.79 Å². The maximum absolute atomic E-state index is 10.9. The van der Waals surface area contributed by atoms with E-state index >= 15 is 0 Å². The third-order valence-electron chi connectivity index (χ3n) is 2.41. The Morgan fingerprint density at radius 2 is 2.12 bits per heavy atom. The monoisotopic (exact) mass is 301 g/mol. The first-order valence-electron chi connectivity index (χ1n) is 5.16. The summed E-state index contributed by atoms with van der Waals surface area (Å²) in [6, 6.07) is 3.17. The molecule has 1 atom stereocenters. The minimum Gasteiger partial charge on any atom is -0.490 e. The number of carbonyl (C=O) groups is 1. The molecular weight excluding hydrogens is 290 g/mol. The number of nitrogens with two attached hydrogens (primary N) is 1. The highest BCUT2D eigenvalue weighted by Crippen LogP contribution is 2.39. The molecule has 2 rings (SSSR count). The van der Waals surface area contributed by atoms with Gasteiger partial charge in [-0.2, -0.15) is 0 Å². The van der Waals surface area contributed by atoms with Crippen LogP contribution in [0.3, 0.4) is 0 Å². The zero-order valence-electron chi connectivity index (χ0n) is 8.98. The molecule has 0 aromatic heterocycles. The number of carbonyl (C=O) groups excluding carboxylic acids is 1. The maximum atomic E-state index is 10.9. The lowest BCUT2D eigenvalue weighted by atomic mass is 10.1. The van der Waals surface area contributed by atoms with E-state index in [1.807, 2.05) is 0 Å². The molecule has 0 spiro atoms. The van der Waals surface area contributed by atoms with Crippen LogP contribution < -0.4 is 15.2 Å². The van der Waals surface area contributed by atoms with Gasteiger partial charge in [0.2, 0.25) is 0 Å². The highest BCUT2D eigenvalue weighted by Gasteiger charge is 2.20. The number of fused-ring (bicyclic) bond motifs is 1. The van der Waals surface area contributed by atoms with E-state index in [4.69, 9.17) is 15.2 Å². The van der Waals surface area contributed by atoms with E-state index in [1.54, 1.807) is 12.1 Å². The fourth-order valence-electron chi connectivity index (χ4n) is 1.57. The van der Waals surface area contributed by atoms with Gasteiger partial charge in [-0.1, -0.05) is 0 Å². The fraction of sp³-hybridized carbons (Fsp3) is 0.364. The van der Waals surface area contributed by atoms with Crippen molar-refractivity contribution < 1.29 is 19.4 Å². The van der Waals surface area contributed by atoms with Gasteiger partial charge < -0.3 is 20.3 Å². The first-order valence-corrected chi connectivity index (χ1v) is 5.95. The molecular formula is C11H12BrNO4. The first-order chi connectivity index (χ1) is 8.09. The number of primary amides is 1. The highest BCUT2D eigenvalue weighted by molar-refractivity contribution is 9.10. The van der Waals surface area contributed by atoms with Crippen molar-refractivity contribution in [3.8, 4) is 11.5 Å². The number of hydrogen-bond acceptors (Lipinski definition) is 4. The Balaban J connectivity index is 2.42. The number of hydrogen-bond donors (Lipinski definition) is 2. The summed E-state index contributed by atoms with van der Waals surface area (Å²) in [6.45, 7) is 1.11. The topological polar surface area (TPSA) is 81.8 Å². The zero-order chi connectivity index (χ0) is 12.4. The normalized spacial score (nSPS) is 16.1. The number of halogens is 1. The Bertz CT molecular complexity index is 449. The third-order valence-corrected chi connectivity index (χ3v) is 3.00. The number of ether oxygens (including phenoxy) is 2. The Labute approximate surface area is 107 Å². The second kappa shape index (κ2) is 4.93. The standard InChI is InChI=1S/C11H12BrNO4/c12-7-4-6(9(14)11(13)15)5-8-10(7)17-3-1-2-16-8/h4-5,9,14H,1-3H2,(H2,13,15). The molecule has 6 heteroatoms. The van der Waals surface area contributed by atoms with Gasteiger partial charge in [0.25, 0.3) is 5.91 Å². The van der Waals surface area contributed by atoms with Crippen molar-refractivity contribution in [3.63, 3.8) is 0 Å². The Morgan fingerprint density at radius 1 is 1.41 bits per heavy atom. The van der Waals surface area contributed by atoms with Crippen molar-refractivity contribution in [2.24, 2.45) is 5.73 Å². The molecule has 92 valence electrons. The minimum absolute atomic E-state index is 0.383. The molecule has 1 heterocycles. The Kier molecular flexibility index (Phi) is 3.54. The first kappa shape index (κ1) is 12.2. The van der Waals surface area contributed by atoms with Crippen LogP contribution in [-0.2, 0) is 4.79 Å². The average Bonchev–Trinajstić information content (AvgIpc) is 2.53. The van der Waals surface area contributed by atoms with Crippen molar-refractivity contribution in [3.05, 3.63) is 22.2 Å². The molecule has 0 radical (unpaired) electrons.